The molecule has 2 fully saturated rings. The van der Waals surface area contributed by atoms with Crippen molar-refractivity contribution in [3.8, 4) is 0 Å². The van der Waals surface area contributed by atoms with Crippen molar-refractivity contribution in [2.24, 2.45) is 0 Å². The van der Waals surface area contributed by atoms with Crippen molar-refractivity contribution in [2.75, 3.05) is 37.7 Å². The second-order valence-electron chi connectivity index (χ2n) is 7.26. The van der Waals surface area contributed by atoms with E-state index in [9.17, 15) is 0 Å². The molecule has 2 aromatic heterocycles. The second kappa shape index (κ2) is 7.63. The summed E-state index contributed by atoms with van der Waals surface area (Å²) in [4.78, 5) is 22.6. The summed E-state index contributed by atoms with van der Waals surface area (Å²) in [6, 6.07) is 1.85. The van der Waals surface area contributed by atoms with E-state index in [1.54, 1.807) is 12.4 Å². The third kappa shape index (κ3) is 3.83. The molecule has 2 aromatic rings. The van der Waals surface area contributed by atoms with Crippen molar-refractivity contribution >= 4 is 5.95 Å². The second-order valence-corrected chi connectivity index (χ2v) is 7.26. The van der Waals surface area contributed by atoms with Crippen molar-refractivity contribution < 1.29 is 4.74 Å². The molecule has 0 bridgehead atoms. The van der Waals surface area contributed by atoms with Gasteiger partial charge in [0.1, 0.15) is 5.60 Å². The third-order valence-corrected chi connectivity index (χ3v) is 5.26. The quantitative estimate of drug-likeness (QED) is 0.832. The van der Waals surface area contributed by atoms with E-state index < -0.39 is 0 Å². The van der Waals surface area contributed by atoms with E-state index in [0.717, 1.165) is 69.5 Å². The molecule has 7 heteroatoms. The highest BCUT2D eigenvalue weighted by atomic mass is 16.5. The molecular formula is C19H26N6O. The lowest BCUT2D eigenvalue weighted by atomic mass is 9.95. The number of rotatable bonds is 4. The van der Waals surface area contributed by atoms with Crippen LogP contribution >= 0.6 is 0 Å². The average Bonchev–Trinajstić information content (AvgIpc) is 2.70. The lowest BCUT2D eigenvalue weighted by Gasteiger charge is -2.34. The van der Waals surface area contributed by atoms with Gasteiger partial charge in [0, 0.05) is 69.7 Å². The molecule has 2 aliphatic rings. The highest BCUT2D eigenvalue weighted by Gasteiger charge is 2.32. The van der Waals surface area contributed by atoms with Gasteiger partial charge in [0.2, 0.25) is 5.95 Å². The summed E-state index contributed by atoms with van der Waals surface area (Å²) in [7, 11) is 0. The predicted molar refractivity (Wildman–Crippen MR) is 98.7 cm³/mol. The van der Waals surface area contributed by atoms with Crippen LogP contribution in [0, 0.1) is 0 Å². The largest absolute Gasteiger partial charge is 0.367 e. The molecule has 138 valence electrons. The fourth-order valence-corrected chi connectivity index (χ4v) is 3.64. The van der Waals surface area contributed by atoms with Gasteiger partial charge >= 0.3 is 0 Å². The van der Waals surface area contributed by atoms with Crippen molar-refractivity contribution in [2.45, 2.75) is 38.3 Å². The van der Waals surface area contributed by atoms with Gasteiger partial charge in [-0.25, -0.2) is 19.9 Å². The number of aromatic nitrogens is 4. The average molecular weight is 354 g/mol. The van der Waals surface area contributed by atoms with Gasteiger partial charge in [0.15, 0.2) is 5.82 Å². The number of hydrogen-bond acceptors (Lipinski definition) is 7. The summed E-state index contributed by atoms with van der Waals surface area (Å²) < 4.78 is 5.94. The maximum Gasteiger partial charge on any atom is 0.225 e. The first-order chi connectivity index (χ1) is 12.7. The van der Waals surface area contributed by atoms with E-state index in [2.05, 4.69) is 36.7 Å². The van der Waals surface area contributed by atoms with Crippen molar-refractivity contribution in [3.63, 3.8) is 0 Å². The van der Waals surface area contributed by atoms with Gasteiger partial charge in [-0.1, -0.05) is 0 Å². The van der Waals surface area contributed by atoms with Crippen LogP contribution in [0.4, 0.5) is 5.95 Å². The molecule has 26 heavy (non-hydrogen) atoms. The molecule has 0 radical (unpaired) electrons. The van der Waals surface area contributed by atoms with Crippen LogP contribution < -0.4 is 4.90 Å². The van der Waals surface area contributed by atoms with Crippen LogP contribution in [0.15, 0.2) is 30.9 Å². The predicted octanol–water partition coefficient (Wildman–Crippen LogP) is 2.00. The van der Waals surface area contributed by atoms with E-state index in [4.69, 9.17) is 4.74 Å². The van der Waals surface area contributed by atoms with Crippen LogP contribution in [0.2, 0.25) is 0 Å². The fourth-order valence-electron chi connectivity index (χ4n) is 3.64. The highest BCUT2D eigenvalue weighted by Crippen LogP contribution is 2.32. The standard InChI is InChI=1S/C19H26N6O/c1-19(5-2-3-12-26-19)17-22-13-16(14-23-17)15-24-8-10-25(11-9-24)18-20-6-4-7-21-18/h4,6-7,13-14H,2-3,5,8-12,15H2,1H3/t19-/m0/s1. The van der Waals surface area contributed by atoms with E-state index >= 15 is 0 Å². The number of nitrogens with zero attached hydrogens (tertiary/aromatic N) is 6. The summed E-state index contributed by atoms with van der Waals surface area (Å²) >= 11 is 0. The molecule has 2 aliphatic heterocycles. The Kier molecular flexibility index (Phi) is 5.08. The summed E-state index contributed by atoms with van der Waals surface area (Å²) in [6.07, 6.45) is 10.8. The minimum absolute atomic E-state index is 0.321. The zero-order valence-electron chi connectivity index (χ0n) is 15.3. The SMILES string of the molecule is C[C@@]1(c2ncc(CN3CCN(c4ncccn4)CC3)cn2)CCCCO1. The zero-order valence-corrected chi connectivity index (χ0v) is 15.3. The van der Waals surface area contributed by atoms with Gasteiger partial charge < -0.3 is 9.64 Å². The molecular weight excluding hydrogens is 328 g/mol. The Morgan fingerprint density at radius 2 is 1.73 bits per heavy atom. The molecule has 0 aliphatic carbocycles. The first kappa shape index (κ1) is 17.3. The first-order valence-electron chi connectivity index (χ1n) is 9.43. The molecule has 4 rings (SSSR count). The number of hydrogen-bond donors (Lipinski definition) is 0. The minimum Gasteiger partial charge on any atom is -0.367 e. The summed E-state index contributed by atoms with van der Waals surface area (Å²) in [5.74, 6) is 1.63. The first-order valence-corrected chi connectivity index (χ1v) is 9.43. The number of anilines is 1. The normalized spacial score (nSPS) is 24.6. The molecule has 2 saturated heterocycles. The van der Waals surface area contributed by atoms with Gasteiger partial charge in [-0.3, -0.25) is 4.90 Å². The highest BCUT2D eigenvalue weighted by molar-refractivity contribution is 5.29. The Hall–Kier alpha value is -2.12. The van der Waals surface area contributed by atoms with Crippen LogP contribution in [0.3, 0.4) is 0 Å². The van der Waals surface area contributed by atoms with Crippen LogP contribution in [0.5, 0.6) is 0 Å². The Morgan fingerprint density at radius 1 is 1.00 bits per heavy atom. The summed E-state index contributed by atoms with van der Waals surface area (Å²) in [6.45, 7) is 7.63. The van der Waals surface area contributed by atoms with E-state index in [0.29, 0.717) is 0 Å². The molecule has 1 atom stereocenters. The topological polar surface area (TPSA) is 67.3 Å². The molecule has 0 saturated carbocycles. The van der Waals surface area contributed by atoms with Crippen LogP contribution in [0.25, 0.3) is 0 Å². The molecule has 7 nitrogen and oxygen atoms in total. The molecule has 0 aromatic carbocycles. The third-order valence-electron chi connectivity index (χ3n) is 5.26. The van der Waals surface area contributed by atoms with Crippen molar-refractivity contribution in [1.82, 2.24) is 24.8 Å². The van der Waals surface area contributed by atoms with Gasteiger partial charge in [-0.2, -0.15) is 0 Å². The smallest absolute Gasteiger partial charge is 0.225 e. The van der Waals surface area contributed by atoms with Crippen LogP contribution in [-0.4, -0.2) is 57.6 Å². The van der Waals surface area contributed by atoms with Gasteiger partial charge in [-0.15, -0.1) is 0 Å². The maximum absolute atomic E-state index is 5.94. The van der Waals surface area contributed by atoms with E-state index in [1.165, 1.54) is 6.42 Å². The Labute approximate surface area is 154 Å². The fraction of sp³-hybridized carbons (Fsp3) is 0.579. The molecule has 0 unspecified atom stereocenters. The monoisotopic (exact) mass is 354 g/mol. The number of ether oxygens (including phenoxy) is 1. The van der Waals surface area contributed by atoms with Crippen molar-refractivity contribution in [3.05, 3.63) is 42.2 Å². The van der Waals surface area contributed by atoms with Crippen LogP contribution in [-0.2, 0) is 16.9 Å². The van der Waals surface area contributed by atoms with Gasteiger partial charge in [0.05, 0.1) is 0 Å². The Bertz CT molecular complexity index is 694. The Balaban J connectivity index is 1.32. The summed E-state index contributed by atoms with van der Waals surface area (Å²) in [5.41, 5.74) is 0.829. The van der Waals surface area contributed by atoms with Crippen molar-refractivity contribution in [1.29, 1.82) is 0 Å². The number of piperazine rings is 1. The molecule has 0 amide bonds. The van der Waals surface area contributed by atoms with Crippen LogP contribution in [0.1, 0.15) is 37.6 Å². The molecule has 0 N–H and O–H groups in total. The Morgan fingerprint density at radius 3 is 2.38 bits per heavy atom. The summed E-state index contributed by atoms with van der Waals surface area (Å²) in [5, 5.41) is 0. The van der Waals surface area contributed by atoms with Gasteiger partial charge in [-0.05, 0) is 32.3 Å². The molecule has 4 heterocycles. The van der Waals surface area contributed by atoms with Gasteiger partial charge in [0.25, 0.3) is 0 Å². The maximum atomic E-state index is 5.94. The lowest BCUT2D eigenvalue weighted by Crippen LogP contribution is -2.46. The van der Waals surface area contributed by atoms with E-state index in [1.807, 2.05) is 18.5 Å². The minimum atomic E-state index is -0.321. The molecule has 0 spiro atoms. The van der Waals surface area contributed by atoms with E-state index in [-0.39, 0.29) is 5.60 Å². The zero-order chi connectivity index (χ0) is 17.8. The lowest BCUT2D eigenvalue weighted by molar-refractivity contribution is -0.0761.